The Morgan fingerprint density at radius 3 is 1.88 bits per heavy atom. The van der Waals surface area contributed by atoms with Crippen molar-refractivity contribution >= 4 is 22.5 Å². The van der Waals surface area contributed by atoms with Crippen LogP contribution in [-0.4, -0.2) is 57.4 Å². The highest BCUT2D eigenvalue weighted by Gasteiger charge is 2.55. The molecule has 0 aliphatic carbocycles. The topological polar surface area (TPSA) is 59.0 Å². The fraction of sp³-hybridized carbons (Fsp3) is 0.720. The first kappa shape index (κ1) is 27.2. The molecule has 0 spiro atoms. The number of hydrogen-bond donors (Lipinski definition) is 1. The Morgan fingerprint density at radius 1 is 0.906 bits per heavy atom. The number of aliphatic hydroxyl groups excluding tert-OH is 1. The lowest BCUT2D eigenvalue weighted by Crippen LogP contribution is -2.53. The standard InChI is InChI=1S/C25H45NO4Si2/c1-24(2,3)31(7,8)29-21-20(16-17-27)26(18-19-14-12-11-13-15-19)23(28)22(21)30-32(9,10)25(4,5)6/h11-15,20-22,27H,16-18H2,1-10H3/t20-,21+,22-/m1/s1. The predicted octanol–water partition coefficient (Wildman–Crippen LogP) is 5.56. The van der Waals surface area contributed by atoms with Gasteiger partial charge in [-0.15, -0.1) is 0 Å². The number of benzene rings is 1. The lowest BCUT2D eigenvalue weighted by molar-refractivity contribution is -0.135. The minimum Gasteiger partial charge on any atom is -0.409 e. The van der Waals surface area contributed by atoms with Crippen LogP contribution in [-0.2, 0) is 20.2 Å². The van der Waals surface area contributed by atoms with Gasteiger partial charge in [0.1, 0.15) is 0 Å². The molecule has 0 unspecified atom stereocenters. The number of likely N-dealkylation sites (tertiary alicyclic amines) is 1. The summed E-state index contributed by atoms with van der Waals surface area (Å²) < 4.78 is 13.7. The predicted molar refractivity (Wildman–Crippen MR) is 137 cm³/mol. The molecular weight excluding hydrogens is 434 g/mol. The zero-order valence-corrected chi connectivity index (χ0v) is 23.9. The van der Waals surface area contributed by atoms with Gasteiger partial charge in [0.05, 0.1) is 12.1 Å². The van der Waals surface area contributed by atoms with Crippen LogP contribution < -0.4 is 0 Å². The lowest BCUT2D eigenvalue weighted by atomic mass is 10.1. The second-order valence-electron chi connectivity index (χ2n) is 12.2. The second kappa shape index (κ2) is 9.70. The average Bonchev–Trinajstić information content (AvgIpc) is 2.86. The molecule has 1 fully saturated rings. The van der Waals surface area contributed by atoms with Crippen molar-refractivity contribution < 1.29 is 18.8 Å². The monoisotopic (exact) mass is 479 g/mol. The van der Waals surface area contributed by atoms with Crippen LogP contribution in [0.5, 0.6) is 0 Å². The van der Waals surface area contributed by atoms with Gasteiger partial charge in [-0.3, -0.25) is 4.79 Å². The molecule has 5 nitrogen and oxygen atoms in total. The Morgan fingerprint density at radius 2 is 1.41 bits per heavy atom. The van der Waals surface area contributed by atoms with Gasteiger partial charge in [-0.1, -0.05) is 71.9 Å². The van der Waals surface area contributed by atoms with Crippen LogP contribution in [0.4, 0.5) is 0 Å². The molecule has 1 aromatic rings. The van der Waals surface area contributed by atoms with Gasteiger partial charge in [0, 0.05) is 13.2 Å². The maximum Gasteiger partial charge on any atom is 0.253 e. The van der Waals surface area contributed by atoms with E-state index in [0.29, 0.717) is 13.0 Å². The Bertz CT molecular complexity index is 768. The number of carbonyl (C=O) groups is 1. The summed E-state index contributed by atoms with van der Waals surface area (Å²) in [5.74, 6) is -0.0131. The van der Waals surface area contributed by atoms with Gasteiger partial charge < -0.3 is 18.9 Å². The normalized spacial score (nSPS) is 23.2. The highest BCUT2D eigenvalue weighted by atomic mass is 28.4. The number of hydrogen-bond acceptors (Lipinski definition) is 4. The molecule has 1 aromatic carbocycles. The van der Waals surface area contributed by atoms with E-state index in [4.69, 9.17) is 8.85 Å². The third kappa shape index (κ3) is 5.92. The summed E-state index contributed by atoms with van der Waals surface area (Å²) in [6, 6.07) is 9.82. The Labute approximate surface area is 197 Å². The molecular formula is C25H45NO4Si2. The molecule has 1 aliphatic rings. The van der Waals surface area contributed by atoms with E-state index in [1.165, 1.54) is 0 Å². The zero-order chi connectivity index (χ0) is 24.5. The quantitative estimate of drug-likeness (QED) is 0.496. The van der Waals surface area contributed by atoms with E-state index in [9.17, 15) is 9.90 Å². The first-order valence-electron chi connectivity index (χ1n) is 11.8. The van der Waals surface area contributed by atoms with Crippen molar-refractivity contribution in [3.63, 3.8) is 0 Å². The summed E-state index contributed by atoms with van der Waals surface area (Å²) in [5, 5.41) is 9.89. The molecule has 32 heavy (non-hydrogen) atoms. The number of aliphatic hydroxyl groups is 1. The molecule has 7 heteroatoms. The van der Waals surface area contributed by atoms with Crippen LogP contribution in [0.3, 0.4) is 0 Å². The number of carbonyl (C=O) groups excluding carboxylic acids is 1. The van der Waals surface area contributed by atoms with Gasteiger partial charge in [0.2, 0.25) is 0 Å². The molecule has 182 valence electrons. The Hall–Kier alpha value is -0.996. The molecule has 0 radical (unpaired) electrons. The largest absolute Gasteiger partial charge is 0.409 e. The lowest BCUT2D eigenvalue weighted by Gasteiger charge is -2.43. The van der Waals surface area contributed by atoms with E-state index in [0.717, 1.165) is 5.56 Å². The van der Waals surface area contributed by atoms with E-state index in [2.05, 4.69) is 67.7 Å². The highest BCUT2D eigenvalue weighted by molar-refractivity contribution is 6.74. The summed E-state index contributed by atoms with van der Waals surface area (Å²) in [7, 11) is -4.40. The molecule has 1 N–H and O–H groups in total. The van der Waals surface area contributed by atoms with Crippen LogP contribution in [0.1, 0.15) is 53.5 Å². The molecule has 0 aromatic heterocycles. The third-order valence-electron chi connectivity index (χ3n) is 7.69. The Balaban J connectivity index is 2.49. The first-order valence-corrected chi connectivity index (χ1v) is 17.6. The molecule has 1 aliphatic heterocycles. The Kier molecular flexibility index (Phi) is 8.26. The molecule has 0 bridgehead atoms. The van der Waals surface area contributed by atoms with Crippen LogP contribution in [0.2, 0.25) is 36.3 Å². The van der Waals surface area contributed by atoms with Crippen LogP contribution >= 0.6 is 0 Å². The maximum absolute atomic E-state index is 13.8. The molecule has 1 saturated heterocycles. The number of rotatable bonds is 8. The van der Waals surface area contributed by atoms with E-state index >= 15 is 0 Å². The van der Waals surface area contributed by atoms with Crippen molar-refractivity contribution in [2.45, 2.75) is 109 Å². The maximum atomic E-state index is 13.8. The second-order valence-corrected chi connectivity index (χ2v) is 21.7. The molecule has 2 rings (SSSR count). The van der Waals surface area contributed by atoms with Crippen LogP contribution in [0.15, 0.2) is 30.3 Å². The van der Waals surface area contributed by atoms with E-state index in [1.807, 2.05) is 35.2 Å². The average molecular weight is 480 g/mol. The third-order valence-corrected chi connectivity index (χ3v) is 16.6. The van der Waals surface area contributed by atoms with E-state index < -0.39 is 22.7 Å². The van der Waals surface area contributed by atoms with Crippen molar-refractivity contribution in [3.05, 3.63) is 35.9 Å². The van der Waals surface area contributed by atoms with Crippen molar-refractivity contribution in [1.82, 2.24) is 4.90 Å². The SMILES string of the molecule is CC(C)(C)[Si](C)(C)O[C@H]1[C@@H](CCO)N(Cc2ccccc2)C(=O)[C@@H]1O[Si](C)(C)C(C)(C)C. The summed E-state index contributed by atoms with van der Waals surface area (Å²) in [6.45, 7) is 22.5. The molecule has 0 saturated carbocycles. The van der Waals surface area contributed by atoms with Crippen molar-refractivity contribution in [1.29, 1.82) is 0 Å². The minimum absolute atomic E-state index is 0.00735. The van der Waals surface area contributed by atoms with Gasteiger partial charge in [0.25, 0.3) is 5.91 Å². The molecule has 3 atom stereocenters. The van der Waals surface area contributed by atoms with Gasteiger partial charge in [-0.05, 0) is 48.2 Å². The van der Waals surface area contributed by atoms with Gasteiger partial charge in [-0.25, -0.2) is 0 Å². The van der Waals surface area contributed by atoms with E-state index in [-0.39, 0.29) is 34.7 Å². The van der Waals surface area contributed by atoms with Crippen molar-refractivity contribution in [2.24, 2.45) is 0 Å². The fourth-order valence-electron chi connectivity index (χ4n) is 3.54. The van der Waals surface area contributed by atoms with Crippen LogP contribution in [0, 0.1) is 0 Å². The smallest absolute Gasteiger partial charge is 0.253 e. The summed E-state index contributed by atoms with van der Waals surface area (Å²) in [6.07, 6.45) is -0.534. The van der Waals surface area contributed by atoms with Crippen molar-refractivity contribution in [3.8, 4) is 0 Å². The van der Waals surface area contributed by atoms with Crippen molar-refractivity contribution in [2.75, 3.05) is 6.61 Å². The minimum atomic E-state index is -2.22. The van der Waals surface area contributed by atoms with Gasteiger partial charge in [0.15, 0.2) is 22.7 Å². The van der Waals surface area contributed by atoms with Crippen LogP contribution in [0.25, 0.3) is 0 Å². The fourth-order valence-corrected chi connectivity index (χ4v) is 6.08. The molecule has 1 heterocycles. The summed E-state index contributed by atoms with van der Waals surface area (Å²) in [5.41, 5.74) is 1.07. The summed E-state index contributed by atoms with van der Waals surface area (Å²) in [4.78, 5) is 15.7. The molecule has 1 amide bonds. The summed E-state index contributed by atoms with van der Waals surface area (Å²) >= 11 is 0. The number of nitrogens with zero attached hydrogens (tertiary/aromatic N) is 1. The van der Waals surface area contributed by atoms with E-state index in [1.54, 1.807) is 0 Å². The number of amides is 1. The zero-order valence-electron chi connectivity index (χ0n) is 21.9. The highest BCUT2D eigenvalue weighted by Crippen LogP contribution is 2.43. The van der Waals surface area contributed by atoms with Gasteiger partial charge in [-0.2, -0.15) is 0 Å². The van der Waals surface area contributed by atoms with Gasteiger partial charge >= 0.3 is 0 Å². The first-order chi connectivity index (χ1) is 14.5.